The fourth-order valence-corrected chi connectivity index (χ4v) is 1.46. The van der Waals surface area contributed by atoms with Crippen molar-refractivity contribution in [1.82, 2.24) is 0 Å². The Kier molecular flexibility index (Phi) is 5.32. The number of ether oxygens (including phenoxy) is 2. The third kappa shape index (κ3) is 5.72. The lowest BCUT2D eigenvalue weighted by Crippen LogP contribution is -2.11. The molecule has 108 valence electrons. The highest BCUT2D eigenvalue weighted by molar-refractivity contribution is 5.62. The molecule has 0 fully saturated rings. The van der Waals surface area contributed by atoms with Crippen molar-refractivity contribution >= 4 is 5.69 Å². The number of hydrogen-bond donors (Lipinski definition) is 1. The van der Waals surface area contributed by atoms with Crippen LogP contribution in [0.5, 0.6) is 11.5 Å². The van der Waals surface area contributed by atoms with Crippen LogP contribution in [-0.4, -0.2) is 18.9 Å². The second-order valence-electron chi connectivity index (χ2n) is 4.40. The van der Waals surface area contributed by atoms with Gasteiger partial charge in [-0.1, -0.05) is 6.07 Å². The predicted octanol–water partition coefficient (Wildman–Crippen LogP) is 3.78. The van der Waals surface area contributed by atoms with Gasteiger partial charge in [0.2, 0.25) is 0 Å². The van der Waals surface area contributed by atoms with Crippen molar-refractivity contribution in [2.75, 3.05) is 12.3 Å². The number of rotatable bonds is 6. The minimum Gasteiger partial charge on any atom is -0.491 e. The van der Waals surface area contributed by atoms with Crippen molar-refractivity contribution in [3.63, 3.8) is 0 Å². The highest BCUT2D eigenvalue weighted by Gasteiger charge is 2.26. The predicted molar refractivity (Wildman–Crippen MR) is 67.4 cm³/mol. The molecule has 0 saturated carbocycles. The molecule has 0 spiro atoms. The lowest BCUT2D eigenvalue weighted by Gasteiger charge is -2.15. The van der Waals surface area contributed by atoms with Crippen LogP contribution < -0.4 is 15.2 Å². The number of halogens is 3. The zero-order valence-electron chi connectivity index (χ0n) is 11.0. The van der Waals surface area contributed by atoms with Crippen LogP contribution in [-0.2, 0) is 0 Å². The summed E-state index contributed by atoms with van der Waals surface area (Å²) < 4.78 is 46.6. The summed E-state index contributed by atoms with van der Waals surface area (Å²) in [6.45, 7) is 3.68. The number of para-hydroxylation sites is 1. The SMILES string of the molecule is CC(C)Oc1cccc(OCCCC(F)(F)F)c1N. The topological polar surface area (TPSA) is 44.5 Å². The summed E-state index contributed by atoms with van der Waals surface area (Å²) in [4.78, 5) is 0. The third-order valence-corrected chi connectivity index (χ3v) is 2.25. The summed E-state index contributed by atoms with van der Waals surface area (Å²) in [6, 6.07) is 4.99. The Morgan fingerprint density at radius 1 is 1.21 bits per heavy atom. The van der Waals surface area contributed by atoms with Gasteiger partial charge in [-0.05, 0) is 32.4 Å². The molecule has 1 rings (SSSR count). The van der Waals surface area contributed by atoms with Crippen LogP contribution in [0.3, 0.4) is 0 Å². The number of nitrogen functional groups attached to an aromatic ring is 1. The Hall–Kier alpha value is -1.59. The van der Waals surface area contributed by atoms with Crippen molar-refractivity contribution in [1.29, 1.82) is 0 Å². The second-order valence-corrected chi connectivity index (χ2v) is 4.40. The fourth-order valence-electron chi connectivity index (χ4n) is 1.46. The van der Waals surface area contributed by atoms with E-state index in [0.717, 1.165) is 0 Å². The van der Waals surface area contributed by atoms with E-state index >= 15 is 0 Å². The van der Waals surface area contributed by atoms with Crippen LogP contribution in [0.4, 0.5) is 18.9 Å². The smallest absolute Gasteiger partial charge is 0.389 e. The van der Waals surface area contributed by atoms with E-state index in [1.165, 1.54) is 0 Å². The largest absolute Gasteiger partial charge is 0.491 e. The van der Waals surface area contributed by atoms with Gasteiger partial charge in [-0.15, -0.1) is 0 Å². The molecule has 0 atom stereocenters. The van der Waals surface area contributed by atoms with Crippen LogP contribution in [0.25, 0.3) is 0 Å². The molecule has 19 heavy (non-hydrogen) atoms. The van der Waals surface area contributed by atoms with Gasteiger partial charge in [0.25, 0.3) is 0 Å². The third-order valence-electron chi connectivity index (χ3n) is 2.25. The summed E-state index contributed by atoms with van der Waals surface area (Å²) in [6.07, 6.45) is -5.16. The number of nitrogens with two attached hydrogens (primary N) is 1. The van der Waals surface area contributed by atoms with Crippen molar-refractivity contribution in [3.8, 4) is 11.5 Å². The minimum atomic E-state index is -4.16. The molecule has 0 aliphatic carbocycles. The molecule has 0 radical (unpaired) electrons. The Balaban J connectivity index is 2.54. The molecule has 6 heteroatoms. The van der Waals surface area contributed by atoms with E-state index in [1.54, 1.807) is 18.2 Å². The maximum Gasteiger partial charge on any atom is 0.389 e. The zero-order valence-corrected chi connectivity index (χ0v) is 11.0. The Bertz CT molecular complexity index is 405. The fraction of sp³-hybridized carbons (Fsp3) is 0.538. The van der Waals surface area contributed by atoms with Gasteiger partial charge in [0.15, 0.2) is 0 Å². The van der Waals surface area contributed by atoms with E-state index < -0.39 is 12.6 Å². The molecule has 1 aromatic carbocycles. The van der Waals surface area contributed by atoms with E-state index in [-0.39, 0.29) is 19.1 Å². The van der Waals surface area contributed by atoms with Gasteiger partial charge >= 0.3 is 6.18 Å². The molecule has 0 unspecified atom stereocenters. The minimum absolute atomic E-state index is 0.0329. The average Bonchev–Trinajstić information content (AvgIpc) is 2.27. The molecule has 0 bridgehead atoms. The van der Waals surface area contributed by atoms with Gasteiger partial charge in [-0.3, -0.25) is 0 Å². The zero-order chi connectivity index (χ0) is 14.5. The van der Waals surface area contributed by atoms with Crippen LogP contribution in [0.1, 0.15) is 26.7 Å². The molecule has 0 amide bonds. The highest BCUT2D eigenvalue weighted by atomic mass is 19.4. The van der Waals surface area contributed by atoms with Crippen LogP contribution in [0, 0.1) is 0 Å². The second kappa shape index (κ2) is 6.54. The molecule has 1 aromatic rings. The first-order valence-electron chi connectivity index (χ1n) is 6.04. The maximum atomic E-state index is 12.0. The van der Waals surface area contributed by atoms with Gasteiger partial charge in [-0.25, -0.2) is 0 Å². The maximum absolute atomic E-state index is 12.0. The van der Waals surface area contributed by atoms with Crippen molar-refractivity contribution in [2.45, 2.75) is 39.0 Å². The Labute approximate surface area is 110 Å². The average molecular weight is 277 g/mol. The van der Waals surface area contributed by atoms with Crippen molar-refractivity contribution in [3.05, 3.63) is 18.2 Å². The van der Waals surface area contributed by atoms with Gasteiger partial charge in [-0.2, -0.15) is 13.2 Å². The Morgan fingerprint density at radius 3 is 2.42 bits per heavy atom. The lowest BCUT2D eigenvalue weighted by atomic mass is 10.2. The van der Waals surface area contributed by atoms with Crippen LogP contribution in [0.2, 0.25) is 0 Å². The van der Waals surface area contributed by atoms with Crippen LogP contribution in [0.15, 0.2) is 18.2 Å². The van der Waals surface area contributed by atoms with Crippen molar-refractivity contribution in [2.24, 2.45) is 0 Å². The van der Waals surface area contributed by atoms with E-state index in [4.69, 9.17) is 15.2 Å². The van der Waals surface area contributed by atoms with E-state index in [2.05, 4.69) is 0 Å². The van der Waals surface area contributed by atoms with Gasteiger partial charge in [0.1, 0.15) is 17.2 Å². The Morgan fingerprint density at radius 2 is 1.84 bits per heavy atom. The molecule has 2 N–H and O–H groups in total. The van der Waals surface area contributed by atoms with Gasteiger partial charge < -0.3 is 15.2 Å². The molecule has 0 saturated heterocycles. The molecule has 3 nitrogen and oxygen atoms in total. The molecular formula is C13H18F3NO2. The van der Waals surface area contributed by atoms with Gasteiger partial charge in [0.05, 0.1) is 12.7 Å². The summed E-state index contributed by atoms with van der Waals surface area (Å²) in [5, 5.41) is 0. The summed E-state index contributed by atoms with van der Waals surface area (Å²) in [5.74, 6) is 0.823. The van der Waals surface area contributed by atoms with Crippen molar-refractivity contribution < 1.29 is 22.6 Å². The first kappa shape index (κ1) is 15.5. The lowest BCUT2D eigenvalue weighted by molar-refractivity contribution is -0.136. The highest BCUT2D eigenvalue weighted by Crippen LogP contribution is 2.32. The number of alkyl halides is 3. The quantitative estimate of drug-likeness (QED) is 0.635. The first-order valence-corrected chi connectivity index (χ1v) is 6.04. The number of anilines is 1. The molecule has 0 aliphatic rings. The molecule has 0 aromatic heterocycles. The van der Waals surface area contributed by atoms with E-state index in [0.29, 0.717) is 17.2 Å². The summed E-state index contributed by atoms with van der Waals surface area (Å²) in [5.41, 5.74) is 6.14. The normalized spacial score (nSPS) is 11.7. The molecule has 0 heterocycles. The molecule has 0 aliphatic heterocycles. The van der Waals surface area contributed by atoms with E-state index in [1.807, 2.05) is 13.8 Å². The first-order chi connectivity index (χ1) is 8.79. The summed E-state index contributed by atoms with van der Waals surface area (Å²) >= 11 is 0. The summed E-state index contributed by atoms with van der Waals surface area (Å²) in [7, 11) is 0. The monoisotopic (exact) mass is 277 g/mol. The number of benzene rings is 1. The van der Waals surface area contributed by atoms with Crippen LogP contribution >= 0.6 is 0 Å². The molecular weight excluding hydrogens is 259 g/mol. The van der Waals surface area contributed by atoms with E-state index in [9.17, 15) is 13.2 Å². The standard InChI is InChI=1S/C13H18F3NO2/c1-9(2)19-11-6-3-5-10(12(11)17)18-8-4-7-13(14,15)16/h3,5-6,9H,4,7-8,17H2,1-2H3. The number of hydrogen-bond acceptors (Lipinski definition) is 3. The van der Waals surface area contributed by atoms with Gasteiger partial charge in [0, 0.05) is 6.42 Å².